The Kier molecular flexibility index (Phi) is 6.92. The lowest BCUT2D eigenvalue weighted by Crippen LogP contribution is -2.31. The molecule has 1 aromatic heterocycles. The van der Waals surface area contributed by atoms with Crippen LogP contribution in [0.2, 0.25) is 0 Å². The van der Waals surface area contributed by atoms with Gasteiger partial charge in [0.1, 0.15) is 5.69 Å². The number of nitrogens with one attached hydrogen (secondary N) is 1. The van der Waals surface area contributed by atoms with Gasteiger partial charge in [-0.15, -0.1) is 0 Å². The molecule has 1 aromatic rings. The molecule has 0 atom stereocenters. The molecule has 0 fully saturated rings. The van der Waals surface area contributed by atoms with Crippen molar-refractivity contribution in [3.05, 3.63) is 29.6 Å². The molecule has 0 saturated carbocycles. The Morgan fingerprint density at radius 2 is 2.19 bits per heavy atom. The lowest BCUT2D eigenvalue weighted by atomic mass is 10.2. The zero-order valence-corrected chi connectivity index (χ0v) is 12.2. The molecule has 1 rings (SSSR count). The minimum absolute atomic E-state index is 0.0210. The molecule has 0 unspecified atom stereocenters. The fourth-order valence-electron chi connectivity index (χ4n) is 1.51. The van der Waals surface area contributed by atoms with Gasteiger partial charge in [-0.2, -0.15) is 0 Å². The quantitative estimate of drug-likeness (QED) is 0.749. The molecule has 6 heteroatoms. The number of aromatic nitrogens is 1. The summed E-state index contributed by atoms with van der Waals surface area (Å²) in [5.41, 5.74) is 0.995. The van der Waals surface area contributed by atoms with Crippen molar-refractivity contribution in [1.29, 1.82) is 0 Å². The topological polar surface area (TPSA) is 82.5 Å². The first-order valence-electron chi connectivity index (χ1n) is 6.60. The summed E-state index contributed by atoms with van der Waals surface area (Å²) in [6, 6.07) is 3.30. The van der Waals surface area contributed by atoms with Crippen LogP contribution in [-0.4, -0.2) is 54.1 Å². The third kappa shape index (κ3) is 5.63. The molecule has 0 spiro atoms. The molecule has 6 nitrogen and oxygen atoms in total. The second kappa shape index (κ2) is 8.72. The van der Waals surface area contributed by atoms with Gasteiger partial charge < -0.3 is 15.3 Å². The van der Waals surface area contributed by atoms with E-state index in [4.69, 9.17) is 5.11 Å². The van der Waals surface area contributed by atoms with Crippen molar-refractivity contribution in [2.24, 2.45) is 0 Å². The summed E-state index contributed by atoms with van der Waals surface area (Å²) >= 11 is 0. The van der Waals surface area contributed by atoms with Crippen LogP contribution in [0.5, 0.6) is 0 Å². The zero-order chi connectivity index (χ0) is 15.7. The SMILES string of the molecule is CNC(=O)CCN(C)C(=O)c1ccc(C#CCCO)cn1. The third-order valence-corrected chi connectivity index (χ3v) is 2.75. The van der Waals surface area contributed by atoms with Crippen LogP contribution in [0.25, 0.3) is 0 Å². The van der Waals surface area contributed by atoms with E-state index in [0.717, 1.165) is 0 Å². The fourth-order valence-corrected chi connectivity index (χ4v) is 1.51. The second-order valence-electron chi connectivity index (χ2n) is 4.36. The van der Waals surface area contributed by atoms with Gasteiger partial charge in [0.15, 0.2) is 0 Å². The average Bonchev–Trinajstić information content (AvgIpc) is 2.52. The zero-order valence-electron chi connectivity index (χ0n) is 12.2. The number of hydrogen-bond donors (Lipinski definition) is 2. The van der Waals surface area contributed by atoms with Crippen LogP contribution in [-0.2, 0) is 4.79 Å². The standard InChI is InChI=1S/C15H19N3O3/c1-16-14(20)8-9-18(2)15(21)13-7-6-12(11-17-13)5-3-4-10-19/h6-7,11,19H,4,8-10H2,1-2H3,(H,16,20). The van der Waals surface area contributed by atoms with Crippen LogP contribution in [0.3, 0.4) is 0 Å². The number of amides is 2. The van der Waals surface area contributed by atoms with Crippen LogP contribution in [0.1, 0.15) is 28.9 Å². The predicted molar refractivity (Wildman–Crippen MR) is 78.5 cm³/mol. The average molecular weight is 289 g/mol. The number of aliphatic hydroxyl groups is 1. The van der Waals surface area contributed by atoms with Crippen LogP contribution in [0, 0.1) is 11.8 Å². The monoisotopic (exact) mass is 289 g/mol. The molecule has 2 N–H and O–H groups in total. The number of rotatable bonds is 5. The van der Waals surface area contributed by atoms with Crippen molar-refractivity contribution in [1.82, 2.24) is 15.2 Å². The maximum absolute atomic E-state index is 12.1. The van der Waals surface area contributed by atoms with Crippen molar-refractivity contribution in [2.45, 2.75) is 12.8 Å². The summed E-state index contributed by atoms with van der Waals surface area (Å²) in [6.45, 7) is 0.353. The summed E-state index contributed by atoms with van der Waals surface area (Å²) in [5, 5.41) is 11.1. The van der Waals surface area contributed by atoms with E-state index in [1.165, 1.54) is 11.1 Å². The summed E-state index contributed by atoms with van der Waals surface area (Å²) in [5.74, 6) is 5.26. The van der Waals surface area contributed by atoms with Gasteiger partial charge in [-0.25, -0.2) is 4.98 Å². The van der Waals surface area contributed by atoms with E-state index in [1.807, 2.05) is 0 Å². The summed E-state index contributed by atoms with van der Waals surface area (Å²) in [7, 11) is 3.18. The Hall–Kier alpha value is -2.39. The first-order valence-corrected chi connectivity index (χ1v) is 6.60. The minimum Gasteiger partial charge on any atom is -0.395 e. The van der Waals surface area contributed by atoms with E-state index >= 15 is 0 Å². The highest BCUT2D eigenvalue weighted by Gasteiger charge is 2.13. The van der Waals surface area contributed by atoms with E-state index in [2.05, 4.69) is 22.1 Å². The Bertz CT molecular complexity index is 544. The summed E-state index contributed by atoms with van der Waals surface area (Å²) in [4.78, 5) is 28.7. The molecule has 0 saturated heterocycles. The largest absolute Gasteiger partial charge is 0.395 e. The van der Waals surface area contributed by atoms with E-state index in [-0.39, 0.29) is 24.8 Å². The van der Waals surface area contributed by atoms with E-state index in [0.29, 0.717) is 24.2 Å². The maximum Gasteiger partial charge on any atom is 0.272 e. The molecule has 21 heavy (non-hydrogen) atoms. The fraction of sp³-hybridized carbons (Fsp3) is 0.400. The first kappa shape index (κ1) is 16.7. The molecule has 0 aliphatic carbocycles. The number of nitrogens with zero attached hydrogens (tertiary/aromatic N) is 2. The van der Waals surface area contributed by atoms with Crippen molar-refractivity contribution >= 4 is 11.8 Å². The number of pyridine rings is 1. The van der Waals surface area contributed by atoms with E-state index < -0.39 is 0 Å². The van der Waals surface area contributed by atoms with E-state index in [1.54, 1.807) is 26.2 Å². The minimum atomic E-state index is -0.242. The Morgan fingerprint density at radius 3 is 2.76 bits per heavy atom. The second-order valence-corrected chi connectivity index (χ2v) is 4.36. The third-order valence-electron chi connectivity index (χ3n) is 2.75. The lowest BCUT2D eigenvalue weighted by Gasteiger charge is -2.15. The van der Waals surface area contributed by atoms with Crippen LogP contribution < -0.4 is 5.32 Å². The first-order chi connectivity index (χ1) is 10.1. The number of carbonyl (C=O) groups is 2. The van der Waals surface area contributed by atoms with Crippen molar-refractivity contribution in [3.63, 3.8) is 0 Å². The molecule has 0 radical (unpaired) electrons. The van der Waals surface area contributed by atoms with Gasteiger partial charge in [0.25, 0.3) is 5.91 Å². The number of hydrogen-bond acceptors (Lipinski definition) is 4. The smallest absolute Gasteiger partial charge is 0.272 e. The summed E-state index contributed by atoms with van der Waals surface area (Å²) in [6.07, 6.45) is 2.18. The number of carbonyl (C=O) groups excluding carboxylic acids is 2. The molecule has 1 heterocycles. The van der Waals surface area contributed by atoms with Gasteiger partial charge in [-0.05, 0) is 12.1 Å². The van der Waals surface area contributed by atoms with Gasteiger partial charge >= 0.3 is 0 Å². The highest BCUT2D eigenvalue weighted by atomic mass is 16.2. The highest BCUT2D eigenvalue weighted by Crippen LogP contribution is 2.03. The predicted octanol–water partition coefficient (Wildman–Crippen LogP) is 0.0236. The van der Waals surface area contributed by atoms with E-state index in [9.17, 15) is 9.59 Å². The Balaban J connectivity index is 2.62. The molecule has 112 valence electrons. The molecular formula is C15H19N3O3. The van der Waals surface area contributed by atoms with Gasteiger partial charge in [0.2, 0.25) is 5.91 Å². The molecule has 2 amide bonds. The van der Waals surface area contributed by atoms with Crippen molar-refractivity contribution < 1.29 is 14.7 Å². The number of aliphatic hydroxyl groups excluding tert-OH is 1. The van der Waals surface area contributed by atoms with Gasteiger partial charge in [0, 0.05) is 45.2 Å². The van der Waals surface area contributed by atoms with Crippen LogP contribution >= 0.6 is 0 Å². The van der Waals surface area contributed by atoms with Crippen LogP contribution in [0.4, 0.5) is 0 Å². The van der Waals surface area contributed by atoms with Gasteiger partial charge in [-0.1, -0.05) is 11.8 Å². The van der Waals surface area contributed by atoms with Crippen molar-refractivity contribution in [3.8, 4) is 11.8 Å². The molecule has 0 aliphatic rings. The Morgan fingerprint density at radius 1 is 1.43 bits per heavy atom. The Labute approximate surface area is 124 Å². The van der Waals surface area contributed by atoms with Crippen molar-refractivity contribution in [2.75, 3.05) is 27.2 Å². The maximum atomic E-state index is 12.1. The van der Waals surface area contributed by atoms with Crippen LogP contribution in [0.15, 0.2) is 18.3 Å². The highest BCUT2D eigenvalue weighted by molar-refractivity contribution is 5.92. The van der Waals surface area contributed by atoms with Gasteiger partial charge in [-0.3, -0.25) is 9.59 Å². The normalized spacial score (nSPS) is 9.48. The summed E-state index contributed by atoms with van der Waals surface area (Å²) < 4.78 is 0. The molecular weight excluding hydrogens is 270 g/mol. The molecule has 0 bridgehead atoms. The van der Waals surface area contributed by atoms with Gasteiger partial charge in [0.05, 0.1) is 6.61 Å². The lowest BCUT2D eigenvalue weighted by molar-refractivity contribution is -0.120. The molecule has 0 aromatic carbocycles. The molecule has 0 aliphatic heterocycles.